The lowest BCUT2D eigenvalue weighted by Crippen LogP contribution is -2.31. The topological polar surface area (TPSA) is 66.4 Å². The molecular weight excluding hydrogens is 374 g/mol. The van der Waals surface area contributed by atoms with Gasteiger partial charge in [0.2, 0.25) is 5.91 Å². The first kappa shape index (κ1) is 19.9. The third-order valence-corrected chi connectivity index (χ3v) is 5.85. The highest BCUT2D eigenvalue weighted by atomic mass is 16.4. The lowest BCUT2D eigenvalue weighted by molar-refractivity contribution is -0.125. The Balaban J connectivity index is 1.49. The minimum atomic E-state index is -0.948. The van der Waals surface area contributed by atoms with Gasteiger partial charge in [-0.25, -0.2) is 4.79 Å². The molecule has 4 nitrogen and oxygen atoms in total. The van der Waals surface area contributed by atoms with Crippen LogP contribution in [0.1, 0.15) is 39.9 Å². The number of aryl methyl sites for hydroxylation is 1. The molecule has 1 atom stereocenters. The van der Waals surface area contributed by atoms with Gasteiger partial charge in [-0.2, -0.15) is 0 Å². The molecule has 0 heterocycles. The highest BCUT2D eigenvalue weighted by Crippen LogP contribution is 2.27. The number of hydrogen-bond acceptors (Lipinski definition) is 2. The van der Waals surface area contributed by atoms with Crippen LogP contribution >= 0.6 is 0 Å². The molecule has 0 spiro atoms. The zero-order chi connectivity index (χ0) is 20.9. The first-order chi connectivity index (χ1) is 14.6. The summed E-state index contributed by atoms with van der Waals surface area (Å²) in [6, 6.07) is 23.1. The molecule has 1 aliphatic rings. The number of carboxylic acids is 1. The number of rotatable bonds is 5. The highest BCUT2D eigenvalue weighted by Gasteiger charge is 2.22. The minimum absolute atomic E-state index is 0.0175. The van der Waals surface area contributed by atoms with Crippen LogP contribution < -0.4 is 5.32 Å². The summed E-state index contributed by atoms with van der Waals surface area (Å²) < 4.78 is 0. The minimum Gasteiger partial charge on any atom is -0.478 e. The fourth-order valence-electron chi connectivity index (χ4n) is 4.23. The number of amides is 1. The second kappa shape index (κ2) is 8.95. The van der Waals surface area contributed by atoms with Gasteiger partial charge in [-0.05, 0) is 65.6 Å². The van der Waals surface area contributed by atoms with Crippen molar-refractivity contribution in [1.82, 2.24) is 5.32 Å². The predicted molar refractivity (Wildman–Crippen MR) is 117 cm³/mol. The zero-order valence-corrected chi connectivity index (χ0v) is 16.8. The van der Waals surface area contributed by atoms with Crippen molar-refractivity contribution in [2.75, 3.05) is 0 Å². The van der Waals surface area contributed by atoms with Crippen LogP contribution in [0.2, 0.25) is 0 Å². The quantitative estimate of drug-likeness (QED) is 0.602. The van der Waals surface area contributed by atoms with E-state index in [0.717, 1.165) is 42.4 Å². The van der Waals surface area contributed by atoms with E-state index in [4.69, 9.17) is 0 Å². The maximum atomic E-state index is 12.9. The Hall–Kier alpha value is -3.40. The molecular formula is C26H25NO3. The van der Waals surface area contributed by atoms with Crippen LogP contribution in [-0.4, -0.2) is 17.0 Å². The molecule has 0 aliphatic heterocycles. The first-order valence-corrected chi connectivity index (χ1v) is 10.4. The summed E-state index contributed by atoms with van der Waals surface area (Å²) >= 11 is 0. The molecule has 4 rings (SSSR count). The van der Waals surface area contributed by atoms with Gasteiger partial charge in [0.1, 0.15) is 0 Å². The molecule has 3 aromatic carbocycles. The largest absolute Gasteiger partial charge is 0.478 e. The van der Waals surface area contributed by atoms with E-state index in [1.807, 2.05) is 36.4 Å². The van der Waals surface area contributed by atoms with Crippen LogP contribution in [0.25, 0.3) is 11.1 Å². The molecule has 30 heavy (non-hydrogen) atoms. The zero-order valence-electron chi connectivity index (χ0n) is 16.8. The van der Waals surface area contributed by atoms with Gasteiger partial charge in [0.25, 0.3) is 0 Å². The van der Waals surface area contributed by atoms with Crippen LogP contribution in [-0.2, 0) is 24.2 Å². The molecule has 4 heteroatoms. The maximum Gasteiger partial charge on any atom is 0.335 e. The van der Waals surface area contributed by atoms with Gasteiger partial charge in [-0.15, -0.1) is 0 Å². The Morgan fingerprint density at radius 1 is 0.933 bits per heavy atom. The van der Waals surface area contributed by atoms with Crippen LogP contribution in [0.3, 0.4) is 0 Å². The Morgan fingerprint density at radius 2 is 1.70 bits per heavy atom. The van der Waals surface area contributed by atoms with Crippen LogP contribution in [0, 0.1) is 5.92 Å². The number of carbonyl (C=O) groups is 2. The van der Waals surface area contributed by atoms with Gasteiger partial charge in [0.05, 0.1) is 5.56 Å². The second-order valence-corrected chi connectivity index (χ2v) is 7.82. The van der Waals surface area contributed by atoms with Crippen LogP contribution in [0.5, 0.6) is 0 Å². The van der Waals surface area contributed by atoms with Crippen molar-refractivity contribution in [2.24, 2.45) is 5.92 Å². The van der Waals surface area contributed by atoms with Gasteiger partial charge >= 0.3 is 5.97 Å². The van der Waals surface area contributed by atoms with Gasteiger partial charge in [0.15, 0.2) is 0 Å². The molecule has 0 fully saturated rings. The first-order valence-electron chi connectivity index (χ1n) is 10.4. The van der Waals surface area contributed by atoms with Crippen LogP contribution in [0.4, 0.5) is 0 Å². The Morgan fingerprint density at radius 3 is 2.53 bits per heavy atom. The number of aromatic carboxylic acids is 1. The molecule has 0 radical (unpaired) electrons. The number of carboxylic acid groups (broad SMARTS) is 1. The van der Waals surface area contributed by atoms with Crippen molar-refractivity contribution in [1.29, 1.82) is 0 Å². The molecule has 0 bridgehead atoms. The normalized spacial score (nSPS) is 15.7. The lowest BCUT2D eigenvalue weighted by atomic mass is 9.95. The summed E-state index contributed by atoms with van der Waals surface area (Å²) in [6.07, 6.45) is 3.73. The van der Waals surface area contributed by atoms with E-state index < -0.39 is 5.97 Å². The van der Waals surface area contributed by atoms with Crippen molar-refractivity contribution in [2.45, 2.75) is 32.2 Å². The molecule has 0 aromatic heterocycles. The average molecular weight is 399 g/mol. The van der Waals surface area contributed by atoms with Crippen LogP contribution in [0.15, 0.2) is 72.8 Å². The fourth-order valence-corrected chi connectivity index (χ4v) is 4.23. The Kier molecular flexibility index (Phi) is 5.94. The second-order valence-electron chi connectivity index (χ2n) is 7.82. The van der Waals surface area contributed by atoms with E-state index in [-0.39, 0.29) is 17.4 Å². The van der Waals surface area contributed by atoms with Crippen molar-refractivity contribution >= 4 is 11.9 Å². The third-order valence-electron chi connectivity index (χ3n) is 5.85. The number of nitrogens with one attached hydrogen (secondary N) is 1. The molecule has 0 saturated carbocycles. The Labute approximate surface area is 176 Å². The molecule has 0 saturated heterocycles. The highest BCUT2D eigenvalue weighted by molar-refractivity contribution is 5.89. The fraction of sp³-hybridized carbons (Fsp3) is 0.231. The maximum absolute atomic E-state index is 12.9. The van der Waals surface area contributed by atoms with E-state index in [1.165, 1.54) is 11.1 Å². The summed E-state index contributed by atoms with van der Waals surface area (Å²) in [5, 5.41) is 12.4. The Bertz CT molecular complexity index is 1070. The summed E-state index contributed by atoms with van der Waals surface area (Å²) in [6.45, 7) is 0.421. The predicted octanol–water partition coefficient (Wildman–Crippen LogP) is 4.86. The van der Waals surface area contributed by atoms with Gasteiger partial charge in [-0.1, -0.05) is 60.7 Å². The number of benzene rings is 3. The molecule has 2 N–H and O–H groups in total. The average Bonchev–Trinajstić information content (AvgIpc) is 3.00. The van der Waals surface area contributed by atoms with E-state index >= 15 is 0 Å². The molecule has 1 aliphatic carbocycles. The van der Waals surface area contributed by atoms with Crippen molar-refractivity contribution in [3.05, 3.63) is 95.1 Å². The van der Waals surface area contributed by atoms with Crippen molar-refractivity contribution in [3.63, 3.8) is 0 Å². The third kappa shape index (κ3) is 4.43. The van der Waals surface area contributed by atoms with E-state index in [2.05, 4.69) is 23.5 Å². The summed E-state index contributed by atoms with van der Waals surface area (Å²) in [5.41, 5.74) is 5.64. The lowest BCUT2D eigenvalue weighted by Gasteiger charge is -2.16. The molecule has 3 aromatic rings. The van der Waals surface area contributed by atoms with Crippen molar-refractivity contribution in [3.8, 4) is 11.1 Å². The number of fused-ring (bicyclic) bond motifs is 1. The van der Waals surface area contributed by atoms with Gasteiger partial charge < -0.3 is 10.4 Å². The molecule has 1 unspecified atom stereocenters. The van der Waals surface area contributed by atoms with Crippen molar-refractivity contribution < 1.29 is 14.7 Å². The smallest absolute Gasteiger partial charge is 0.335 e. The van der Waals surface area contributed by atoms with E-state index in [0.29, 0.717) is 6.54 Å². The molecule has 152 valence electrons. The van der Waals surface area contributed by atoms with Gasteiger partial charge in [0, 0.05) is 12.5 Å². The molecule has 1 amide bonds. The van der Waals surface area contributed by atoms with E-state index in [1.54, 1.807) is 18.2 Å². The summed E-state index contributed by atoms with van der Waals surface area (Å²) in [7, 11) is 0. The number of hydrogen-bond donors (Lipinski definition) is 2. The van der Waals surface area contributed by atoms with E-state index in [9.17, 15) is 14.7 Å². The number of carbonyl (C=O) groups excluding carboxylic acids is 1. The SMILES string of the molecule is O=C(O)c1cccc(-c2ccccc2CNC(=O)C2CCCc3ccccc3C2)c1. The summed E-state index contributed by atoms with van der Waals surface area (Å²) in [4.78, 5) is 24.3. The monoisotopic (exact) mass is 399 g/mol. The summed E-state index contributed by atoms with van der Waals surface area (Å²) in [5.74, 6) is -0.881. The van der Waals surface area contributed by atoms with Gasteiger partial charge in [-0.3, -0.25) is 4.79 Å². The standard InChI is InChI=1S/C26H25NO3/c28-25(21-12-5-10-18-7-1-2-8-19(18)15-21)27-17-23-9-3-4-14-24(23)20-11-6-13-22(16-20)26(29)30/h1-4,6-9,11,13-14,16,21H,5,10,12,15,17H2,(H,27,28)(H,29,30).